The molecular weight excluding hydrogens is 192 g/mol. The van der Waals surface area contributed by atoms with Crippen LogP contribution in [0.2, 0.25) is 0 Å². The van der Waals surface area contributed by atoms with E-state index >= 15 is 0 Å². The molecule has 2 heterocycles. The first kappa shape index (κ1) is 10.2. The lowest BCUT2D eigenvalue weighted by atomic mass is 10.0. The molecule has 1 aromatic heterocycles. The molecule has 2 rings (SSSR count). The topological polar surface area (TPSA) is 61.0 Å². The highest BCUT2D eigenvalue weighted by atomic mass is 16.1. The minimum Gasteiger partial charge on any atom is -0.353 e. The predicted octanol–water partition coefficient (Wildman–Crippen LogP) is -0.0419. The van der Waals surface area contributed by atoms with Gasteiger partial charge in [-0.2, -0.15) is 0 Å². The Bertz CT molecular complexity index is 398. The quantitative estimate of drug-likeness (QED) is 0.679. The lowest BCUT2D eigenvalue weighted by Gasteiger charge is -2.39. The van der Waals surface area contributed by atoms with Crippen molar-refractivity contribution in [3.63, 3.8) is 0 Å². The second kappa shape index (κ2) is 3.66. The molecule has 0 unspecified atom stereocenters. The maximum Gasteiger partial charge on any atom is 0.252 e. The summed E-state index contributed by atoms with van der Waals surface area (Å²) in [4.78, 5) is 20.0. The smallest absolute Gasteiger partial charge is 0.252 e. The highest BCUT2D eigenvalue weighted by Gasteiger charge is 2.26. The number of piperazine rings is 1. The summed E-state index contributed by atoms with van der Waals surface area (Å²) in [5.41, 5.74) is -0.0287. The van der Waals surface area contributed by atoms with Crippen LogP contribution in [-0.2, 0) is 0 Å². The van der Waals surface area contributed by atoms with Gasteiger partial charge in [0.05, 0.1) is 6.33 Å². The third-order valence-electron chi connectivity index (χ3n) is 2.56. The molecule has 1 aromatic rings. The van der Waals surface area contributed by atoms with Gasteiger partial charge >= 0.3 is 0 Å². The third kappa shape index (κ3) is 2.36. The first-order valence-electron chi connectivity index (χ1n) is 5.12. The molecule has 0 aromatic carbocycles. The minimum absolute atomic E-state index is 0.0720. The van der Waals surface area contributed by atoms with Crippen molar-refractivity contribution in [3.8, 4) is 0 Å². The SMILES string of the molecule is CC1(C)CN(c2cc(=O)[nH]cn2)CCN1. The third-order valence-corrected chi connectivity index (χ3v) is 2.56. The number of aromatic nitrogens is 2. The van der Waals surface area contributed by atoms with E-state index in [4.69, 9.17) is 0 Å². The number of rotatable bonds is 1. The van der Waals surface area contributed by atoms with E-state index < -0.39 is 0 Å². The molecule has 0 bridgehead atoms. The molecule has 82 valence electrons. The van der Waals surface area contributed by atoms with Crippen molar-refractivity contribution in [2.75, 3.05) is 24.5 Å². The van der Waals surface area contributed by atoms with E-state index in [1.54, 1.807) is 6.07 Å². The Balaban J connectivity index is 2.21. The van der Waals surface area contributed by atoms with E-state index in [1.165, 1.54) is 6.33 Å². The molecule has 1 aliphatic heterocycles. The van der Waals surface area contributed by atoms with Gasteiger partial charge in [-0.3, -0.25) is 4.79 Å². The molecule has 0 saturated carbocycles. The first-order chi connectivity index (χ1) is 7.07. The Kier molecular flexibility index (Phi) is 2.48. The first-order valence-corrected chi connectivity index (χ1v) is 5.12. The number of H-pyrrole nitrogens is 1. The molecule has 1 saturated heterocycles. The maximum atomic E-state index is 11.2. The van der Waals surface area contributed by atoms with Gasteiger partial charge in [-0.15, -0.1) is 0 Å². The lowest BCUT2D eigenvalue weighted by Crippen LogP contribution is -2.57. The molecule has 1 fully saturated rings. The summed E-state index contributed by atoms with van der Waals surface area (Å²) in [6.07, 6.45) is 1.45. The van der Waals surface area contributed by atoms with Crippen LogP contribution < -0.4 is 15.8 Å². The largest absolute Gasteiger partial charge is 0.353 e. The fourth-order valence-electron chi connectivity index (χ4n) is 1.87. The van der Waals surface area contributed by atoms with Crippen LogP contribution in [0.3, 0.4) is 0 Å². The summed E-state index contributed by atoms with van der Waals surface area (Å²) in [7, 11) is 0. The fourth-order valence-corrected chi connectivity index (χ4v) is 1.87. The Morgan fingerprint density at radius 3 is 3.00 bits per heavy atom. The van der Waals surface area contributed by atoms with E-state index in [0.29, 0.717) is 0 Å². The van der Waals surface area contributed by atoms with Crippen LogP contribution >= 0.6 is 0 Å². The highest BCUT2D eigenvalue weighted by Crippen LogP contribution is 2.15. The van der Waals surface area contributed by atoms with Crippen LogP contribution in [0, 0.1) is 0 Å². The number of hydrogen-bond donors (Lipinski definition) is 2. The van der Waals surface area contributed by atoms with Gasteiger partial charge in [0, 0.05) is 31.2 Å². The van der Waals surface area contributed by atoms with Crippen LogP contribution in [0.1, 0.15) is 13.8 Å². The monoisotopic (exact) mass is 208 g/mol. The molecule has 5 nitrogen and oxygen atoms in total. The molecule has 0 aliphatic carbocycles. The standard InChI is InChI=1S/C10H16N4O/c1-10(2)6-14(4-3-13-10)8-5-9(15)12-7-11-8/h5,7,13H,3-4,6H2,1-2H3,(H,11,12,15). The van der Waals surface area contributed by atoms with Crippen LogP contribution in [0.25, 0.3) is 0 Å². The fraction of sp³-hybridized carbons (Fsp3) is 0.600. The second-order valence-electron chi connectivity index (χ2n) is 4.50. The molecular formula is C10H16N4O. The van der Waals surface area contributed by atoms with Crippen molar-refractivity contribution >= 4 is 5.82 Å². The summed E-state index contributed by atoms with van der Waals surface area (Å²) in [5.74, 6) is 0.758. The van der Waals surface area contributed by atoms with E-state index in [2.05, 4.69) is 34.0 Å². The lowest BCUT2D eigenvalue weighted by molar-refractivity contribution is 0.351. The number of nitrogens with one attached hydrogen (secondary N) is 2. The highest BCUT2D eigenvalue weighted by molar-refractivity contribution is 5.38. The average molecular weight is 208 g/mol. The van der Waals surface area contributed by atoms with E-state index in [1.807, 2.05) is 0 Å². The molecule has 1 aliphatic rings. The molecule has 15 heavy (non-hydrogen) atoms. The summed E-state index contributed by atoms with van der Waals surface area (Å²) in [5, 5.41) is 3.42. The van der Waals surface area contributed by atoms with Crippen molar-refractivity contribution in [2.45, 2.75) is 19.4 Å². The average Bonchev–Trinajstić information content (AvgIpc) is 2.16. The van der Waals surface area contributed by atoms with Crippen LogP contribution in [0.5, 0.6) is 0 Å². The van der Waals surface area contributed by atoms with Gasteiger partial charge in [0.2, 0.25) is 0 Å². The summed E-state index contributed by atoms with van der Waals surface area (Å²) in [6, 6.07) is 1.54. The van der Waals surface area contributed by atoms with E-state index in [9.17, 15) is 4.79 Å². The molecule has 0 amide bonds. The molecule has 5 heteroatoms. The number of hydrogen-bond acceptors (Lipinski definition) is 4. The summed E-state index contributed by atoms with van der Waals surface area (Å²) >= 11 is 0. The summed E-state index contributed by atoms with van der Waals surface area (Å²) < 4.78 is 0. The Morgan fingerprint density at radius 1 is 1.53 bits per heavy atom. The molecule has 0 atom stereocenters. The van der Waals surface area contributed by atoms with E-state index in [0.717, 1.165) is 25.5 Å². The van der Waals surface area contributed by atoms with Gasteiger partial charge in [-0.1, -0.05) is 0 Å². The molecule has 0 radical (unpaired) electrons. The van der Waals surface area contributed by atoms with Crippen LogP contribution in [0.4, 0.5) is 5.82 Å². The zero-order valence-corrected chi connectivity index (χ0v) is 9.08. The summed E-state index contributed by atoms with van der Waals surface area (Å²) in [6.45, 7) is 6.96. The van der Waals surface area contributed by atoms with Crippen molar-refractivity contribution in [1.82, 2.24) is 15.3 Å². The van der Waals surface area contributed by atoms with Gasteiger partial charge in [-0.25, -0.2) is 4.98 Å². The van der Waals surface area contributed by atoms with Crippen molar-refractivity contribution in [3.05, 3.63) is 22.7 Å². The normalized spacial score (nSPS) is 20.3. The minimum atomic E-state index is -0.101. The number of aromatic amines is 1. The van der Waals surface area contributed by atoms with Gasteiger partial charge in [0.25, 0.3) is 5.56 Å². The van der Waals surface area contributed by atoms with Crippen molar-refractivity contribution in [2.24, 2.45) is 0 Å². The zero-order valence-electron chi connectivity index (χ0n) is 9.08. The molecule has 0 spiro atoms. The zero-order chi connectivity index (χ0) is 10.9. The van der Waals surface area contributed by atoms with Crippen LogP contribution in [-0.4, -0.2) is 35.1 Å². The van der Waals surface area contributed by atoms with Crippen LogP contribution in [0.15, 0.2) is 17.2 Å². The van der Waals surface area contributed by atoms with Gasteiger partial charge in [0.1, 0.15) is 5.82 Å². The number of nitrogens with zero attached hydrogens (tertiary/aromatic N) is 2. The van der Waals surface area contributed by atoms with Gasteiger partial charge < -0.3 is 15.2 Å². The van der Waals surface area contributed by atoms with Crippen molar-refractivity contribution in [1.29, 1.82) is 0 Å². The van der Waals surface area contributed by atoms with E-state index in [-0.39, 0.29) is 11.1 Å². The van der Waals surface area contributed by atoms with Crippen molar-refractivity contribution < 1.29 is 0 Å². The second-order valence-corrected chi connectivity index (χ2v) is 4.50. The number of anilines is 1. The van der Waals surface area contributed by atoms with Gasteiger partial charge in [0.15, 0.2) is 0 Å². The maximum absolute atomic E-state index is 11.2. The Labute approximate surface area is 88.5 Å². The predicted molar refractivity (Wildman–Crippen MR) is 59.2 cm³/mol. The Hall–Kier alpha value is -1.36. The Morgan fingerprint density at radius 2 is 2.33 bits per heavy atom. The molecule has 2 N–H and O–H groups in total. The van der Waals surface area contributed by atoms with Gasteiger partial charge in [-0.05, 0) is 13.8 Å².